The minimum Gasteiger partial charge on any atom is -0.379 e. The zero-order valence-electron chi connectivity index (χ0n) is 9.27. The van der Waals surface area contributed by atoms with Gasteiger partial charge in [-0.1, -0.05) is 19.1 Å². The van der Waals surface area contributed by atoms with Crippen molar-refractivity contribution in [3.8, 4) is 0 Å². The van der Waals surface area contributed by atoms with Gasteiger partial charge in [0.25, 0.3) is 5.69 Å². The molecule has 1 aromatic rings. The van der Waals surface area contributed by atoms with E-state index >= 15 is 0 Å². The predicted molar refractivity (Wildman–Crippen MR) is 61.4 cm³/mol. The molecule has 0 bridgehead atoms. The Morgan fingerprint density at radius 3 is 2.69 bits per heavy atom. The number of Topliss-reactive ketones (excluding diaryl/α,β-unsaturated/α-hetero) is 1. The molecule has 0 aliphatic rings. The fourth-order valence-corrected chi connectivity index (χ4v) is 1.19. The Morgan fingerprint density at radius 2 is 2.12 bits per heavy atom. The maximum Gasteiger partial charge on any atom is 0.292 e. The fraction of sp³-hybridized carbons (Fsp3) is 0.364. The largest absolute Gasteiger partial charge is 0.379 e. The normalized spacial score (nSPS) is 11.9. The number of anilines is 1. The summed E-state index contributed by atoms with van der Waals surface area (Å²) in [6.07, 6.45) is 0. The highest BCUT2D eigenvalue weighted by Gasteiger charge is 2.13. The summed E-state index contributed by atoms with van der Waals surface area (Å²) in [5.74, 6) is -0.0918. The maximum atomic E-state index is 11.0. The molecule has 1 aromatic carbocycles. The number of nitro benzene ring substituents is 1. The first-order valence-corrected chi connectivity index (χ1v) is 5.00. The van der Waals surface area contributed by atoms with E-state index in [4.69, 9.17) is 0 Å². The standard InChI is InChI=1S/C11H14N2O3/c1-8(9(2)14)7-12-10-5-3-4-6-11(10)13(15)16/h3-6,8,12H,7H2,1-2H3. The molecular weight excluding hydrogens is 208 g/mol. The van der Waals surface area contributed by atoms with Gasteiger partial charge in [0.15, 0.2) is 0 Å². The van der Waals surface area contributed by atoms with Crippen molar-refractivity contribution in [3.05, 3.63) is 34.4 Å². The summed E-state index contributed by atoms with van der Waals surface area (Å²) in [4.78, 5) is 21.3. The lowest BCUT2D eigenvalue weighted by Gasteiger charge is -2.10. The second kappa shape index (κ2) is 5.25. The van der Waals surface area contributed by atoms with Crippen molar-refractivity contribution >= 4 is 17.2 Å². The van der Waals surface area contributed by atoms with Gasteiger partial charge in [-0.25, -0.2) is 0 Å². The summed E-state index contributed by atoms with van der Waals surface area (Å²) < 4.78 is 0. The number of para-hydroxylation sites is 2. The summed E-state index contributed by atoms with van der Waals surface area (Å²) in [7, 11) is 0. The number of hydrogen-bond acceptors (Lipinski definition) is 4. The van der Waals surface area contributed by atoms with E-state index in [0.717, 1.165) is 0 Å². The zero-order valence-corrected chi connectivity index (χ0v) is 9.27. The van der Waals surface area contributed by atoms with Gasteiger partial charge in [-0.2, -0.15) is 0 Å². The topological polar surface area (TPSA) is 72.2 Å². The van der Waals surface area contributed by atoms with E-state index in [1.54, 1.807) is 25.1 Å². The van der Waals surface area contributed by atoms with Crippen LogP contribution in [0.15, 0.2) is 24.3 Å². The van der Waals surface area contributed by atoms with E-state index in [9.17, 15) is 14.9 Å². The molecule has 16 heavy (non-hydrogen) atoms. The number of carbonyl (C=O) groups excluding carboxylic acids is 1. The molecule has 0 aliphatic heterocycles. The lowest BCUT2D eigenvalue weighted by atomic mass is 10.1. The molecule has 1 unspecified atom stereocenters. The van der Waals surface area contributed by atoms with Crippen LogP contribution in [0.5, 0.6) is 0 Å². The number of benzene rings is 1. The van der Waals surface area contributed by atoms with Gasteiger partial charge in [0, 0.05) is 18.5 Å². The quantitative estimate of drug-likeness (QED) is 0.612. The molecule has 5 nitrogen and oxygen atoms in total. The van der Waals surface area contributed by atoms with E-state index in [1.165, 1.54) is 13.0 Å². The lowest BCUT2D eigenvalue weighted by molar-refractivity contribution is -0.384. The molecule has 0 heterocycles. The first-order chi connectivity index (χ1) is 7.52. The summed E-state index contributed by atoms with van der Waals surface area (Å²) in [6.45, 7) is 3.69. The van der Waals surface area contributed by atoms with Crippen molar-refractivity contribution < 1.29 is 9.72 Å². The third-order valence-corrected chi connectivity index (χ3v) is 2.39. The van der Waals surface area contributed by atoms with Gasteiger partial charge in [-0.15, -0.1) is 0 Å². The van der Waals surface area contributed by atoms with Gasteiger partial charge in [0.05, 0.1) is 4.92 Å². The van der Waals surface area contributed by atoms with Crippen LogP contribution in [0.25, 0.3) is 0 Å². The molecule has 1 rings (SSSR count). The van der Waals surface area contributed by atoms with Gasteiger partial charge in [0.1, 0.15) is 11.5 Å². The minimum atomic E-state index is -0.444. The van der Waals surface area contributed by atoms with Crippen molar-refractivity contribution in [2.75, 3.05) is 11.9 Å². The molecule has 0 spiro atoms. The van der Waals surface area contributed by atoms with Gasteiger partial charge in [-0.05, 0) is 13.0 Å². The van der Waals surface area contributed by atoms with Crippen LogP contribution in [0.2, 0.25) is 0 Å². The Bertz CT molecular complexity index is 404. The monoisotopic (exact) mass is 222 g/mol. The highest BCUT2D eigenvalue weighted by atomic mass is 16.6. The van der Waals surface area contributed by atoms with Crippen LogP contribution >= 0.6 is 0 Å². The van der Waals surface area contributed by atoms with Crippen molar-refractivity contribution in [1.29, 1.82) is 0 Å². The molecule has 0 aromatic heterocycles. The fourth-order valence-electron chi connectivity index (χ4n) is 1.19. The predicted octanol–water partition coefficient (Wildman–Crippen LogP) is 2.23. The number of nitro groups is 1. The summed E-state index contributed by atoms with van der Waals surface area (Å²) in [5, 5.41) is 13.6. The van der Waals surface area contributed by atoms with E-state index in [0.29, 0.717) is 12.2 Å². The molecule has 86 valence electrons. The number of rotatable bonds is 5. The van der Waals surface area contributed by atoms with Crippen LogP contribution in [0, 0.1) is 16.0 Å². The van der Waals surface area contributed by atoms with E-state index in [-0.39, 0.29) is 17.4 Å². The minimum absolute atomic E-state index is 0.0262. The van der Waals surface area contributed by atoms with Crippen molar-refractivity contribution in [1.82, 2.24) is 0 Å². The molecule has 1 atom stereocenters. The van der Waals surface area contributed by atoms with Crippen LogP contribution in [-0.4, -0.2) is 17.3 Å². The summed E-state index contributed by atoms with van der Waals surface area (Å²) >= 11 is 0. The average Bonchev–Trinajstić information content (AvgIpc) is 2.25. The Morgan fingerprint density at radius 1 is 1.50 bits per heavy atom. The van der Waals surface area contributed by atoms with E-state index in [1.807, 2.05) is 0 Å². The molecule has 0 amide bonds. The lowest BCUT2D eigenvalue weighted by Crippen LogP contribution is -2.18. The molecule has 0 saturated carbocycles. The molecule has 0 saturated heterocycles. The van der Waals surface area contributed by atoms with Crippen LogP contribution in [0.4, 0.5) is 11.4 Å². The van der Waals surface area contributed by atoms with Crippen molar-refractivity contribution in [2.45, 2.75) is 13.8 Å². The van der Waals surface area contributed by atoms with Gasteiger partial charge in [0.2, 0.25) is 0 Å². The molecule has 0 aliphatic carbocycles. The second-order valence-corrected chi connectivity index (χ2v) is 3.67. The first kappa shape index (κ1) is 12.2. The third-order valence-electron chi connectivity index (χ3n) is 2.39. The molecule has 0 fully saturated rings. The van der Waals surface area contributed by atoms with E-state index < -0.39 is 4.92 Å². The third kappa shape index (κ3) is 3.05. The summed E-state index contributed by atoms with van der Waals surface area (Å²) in [6, 6.07) is 6.39. The van der Waals surface area contributed by atoms with Crippen LogP contribution in [0.1, 0.15) is 13.8 Å². The molecule has 5 heteroatoms. The highest BCUT2D eigenvalue weighted by molar-refractivity contribution is 5.78. The van der Waals surface area contributed by atoms with Crippen LogP contribution in [-0.2, 0) is 4.79 Å². The number of nitrogens with one attached hydrogen (secondary N) is 1. The zero-order chi connectivity index (χ0) is 12.1. The maximum absolute atomic E-state index is 11.0. The van der Waals surface area contributed by atoms with Gasteiger partial charge < -0.3 is 5.32 Å². The number of nitrogens with zero attached hydrogens (tertiary/aromatic N) is 1. The SMILES string of the molecule is CC(=O)C(C)CNc1ccccc1[N+](=O)[O-]. The summed E-state index contributed by atoms with van der Waals surface area (Å²) in [5.41, 5.74) is 0.471. The van der Waals surface area contributed by atoms with Crippen LogP contribution < -0.4 is 5.32 Å². The van der Waals surface area contributed by atoms with Crippen molar-refractivity contribution in [2.24, 2.45) is 5.92 Å². The van der Waals surface area contributed by atoms with Crippen molar-refractivity contribution in [3.63, 3.8) is 0 Å². The second-order valence-electron chi connectivity index (χ2n) is 3.67. The molecular formula is C11H14N2O3. The Hall–Kier alpha value is -1.91. The first-order valence-electron chi connectivity index (χ1n) is 5.00. The van der Waals surface area contributed by atoms with Gasteiger partial charge >= 0.3 is 0 Å². The van der Waals surface area contributed by atoms with Gasteiger partial charge in [-0.3, -0.25) is 14.9 Å². The highest BCUT2D eigenvalue weighted by Crippen LogP contribution is 2.23. The Kier molecular flexibility index (Phi) is 3.99. The smallest absolute Gasteiger partial charge is 0.292 e. The molecule has 0 radical (unpaired) electrons. The Labute approximate surface area is 93.6 Å². The number of hydrogen-bond donors (Lipinski definition) is 1. The van der Waals surface area contributed by atoms with E-state index in [2.05, 4.69) is 5.32 Å². The average molecular weight is 222 g/mol. The number of carbonyl (C=O) groups is 1. The number of ketones is 1. The molecule has 1 N–H and O–H groups in total. The van der Waals surface area contributed by atoms with Crippen LogP contribution in [0.3, 0.4) is 0 Å². The Balaban J connectivity index is 2.74.